The Morgan fingerprint density at radius 2 is 2.19 bits per heavy atom. The van der Waals surface area contributed by atoms with Crippen molar-refractivity contribution in [2.45, 2.75) is 39.2 Å². The highest BCUT2D eigenvalue weighted by atomic mass is 16.5. The summed E-state index contributed by atoms with van der Waals surface area (Å²) >= 11 is 0. The van der Waals surface area contributed by atoms with Gasteiger partial charge in [0, 0.05) is 31.3 Å². The predicted octanol–water partition coefficient (Wildman–Crippen LogP) is 2.42. The maximum Gasteiger partial charge on any atom is 0.260 e. The Morgan fingerprint density at radius 3 is 2.90 bits per heavy atom. The highest BCUT2D eigenvalue weighted by Gasteiger charge is 2.23. The molecule has 0 aliphatic carbocycles. The summed E-state index contributed by atoms with van der Waals surface area (Å²) in [6.07, 6.45) is 3.31. The highest BCUT2D eigenvalue weighted by Crippen LogP contribution is 2.19. The van der Waals surface area contributed by atoms with Gasteiger partial charge in [0.1, 0.15) is 5.75 Å². The first-order chi connectivity index (χ1) is 10.1. The van der Waals surface area contributed by atoms with Gasteiger partial charge < -0.3 is 15.0 Å². The van der Waals surface area contributed by atoms with E-state index in [1.54, 1.807) is 24.3 Å². The number of hydrogen-bond donors (Lipinski definition) is 1. The van der Waals surface area contributed by atoms with Crippen molar-refractivity contribution in [1.82, 2.24) is 4.90 Å². The van der Waals surface area contributed by atoms with Crippen molar-refractivity contribution in [3.05, 3.63) is 24.3 Å². The first-order valence-electron chi connectivity index (χ1n) is 7.36. The van der Waals surface area contributed by atoms with Crippen LogP contribution in [0.1, 0.15) is 33.1 Å². The normalized spacial score (nSPS) is 18.2. The van der Waals surface area contributed by atoms with E-state index in [2.05, 4.69) is 12.2 Å². The van der Waals surface area contributed by atoms with Crippen LogP contribution in [0.4, 0.5) is 5.69 Å². The Kier molecular flexibility index (Phi) is 5.20. The molecule has 114 valence electrons. The molecule has 1 fully saturated rings. The van der Waals surface area contributed by atoms with Crippen LogP contribution in [0.25, 0.3) is 0 Å². The maximum absolute atomic E-state index is 12.2. The summed E-state index contributed by atoms with van der Waals surface area (Å²) in [5.74, 6) is 0.469. The van der Waals surface area contributed by atoms with Crippen molar-refractivity contribution >= 4 is 17.5 Å². The van der Waals surface area contributed by atoms with E-state index in [0.29, 0.717) is 17.5 Å². The number of piperidine rings is 1. The summed E-state index contributed by atoms with van der Waals surface area (Å²) in [5, 5.41) is 2.69. The zero-order chi connectivity index (χ0) is 15.2. The summed E-state index contributed by atoms with van der Waals surface area (Å²) in [4.78, 5) is 25.1. The van der Waals surface area contributed by atoms with Gasteiger partial charge in [0.05, 0.1) is 0 Å². The summed E-state index contributed by atoms with van der Waals surface area (Å²) < 4.78 is 5.55. The van der Waals surface area contributed by atoms with Crippen LogP contribution in [0.15, 0.2) is 24.3 Å². The van der Waals surface area contributed by atoms with Crippen molar-refractivity contribution in [1.29, 1.82) is 0 Å². The van der Waals surface area contributed by atoms with E-state index < -0.39 is 0 Å². The zero-order valence-electron chi connectivity index (χ0n) is 12.6. The number of ether oxygens (including phenoxy) is 1. The quantitative estimate of drug-likeness (QED) is 0.926. The van der Waals surface area contributed by atoms with Gasteiger partial charge >= 0.3 is 0 Å². The van der Waals surface area contributed by atoms with Crippen molar-refractivity contribution < 1.29 is 14.3 Å². The molecule has 0 spiro atoms. The molecule has 5 nitrogen and oxygen atoms in total. The molecular formula is C16H22N2O3. The van der Waals surface area contributed by atoms with Crippen LogP contribution in [-0.4, -0.2) is 35.9 Å². The van der Waals surface area contributed by atoms with Gasteiger partial charge in [0.2, 0.25) is 5.91 Å². The van der Waals surface area contributed by atoms with E-state index in [-0.39, 0.29) is 18.4 Å². The van der Waals surface area contributed by atoms with Gasteiger partial charge in [0.25, 0.3) is 5.91 Å². The second-order valence-corrected chi connectivity index (χ2v) is 5.43. The van der Waals surface area contributed by atoms with Crippen LogP contribution in [0.2, 0.25) is 0 Å². The van der Waals surface area contributed by atoms with E-state index in [9.17, 15) is 9.59 Å². The van der Waals surface area contributed by atoms with Crippen LogP contribution in [-0.2, 0) is 9.59 Å². The second kappa shape index (κ2) is 7.11. The lowest BCUT2D eigenvalue weighted by atomic mass is 10.0. The third-order valence-electron chi connectivity index (χ3n) is 3.64. The predicted molar refractivity (Wildman–Crippen MR) is 81.3 cm³/mol. The molecule has 1 N–H and O–H groups in total. The van der Waals surface area contributed by atoms with Crippen molar-refractivity contribution in [2.75, 3.05) is 18.5 Å². The monoisotopic (exact) mass is 290 g/mol. The molecule has 0 saturated carbocycles. The van der Waals surface area contributed by atoms with Crippen molar-refractivity contribution in [2.24, 2.45) is 0 Å². The molecular weight excluding hydrogens is 268 g/mol. The molecule has 1 heterocycles. The fourth-order valence-corrected chi connectivity index (χ4v) is 2.56. The number of nitrogens with zero attached hydrogens (tertiary/aromatic N) is 1. The fraction of sp³-hybridized carbons (Fsp3) is 0.500. The molecule has 0 unspecified atom stereocenters. The fourth-order valence-electron chi connectivity index (χ4n) is 2.56. The summed E-state index contributed by atoms with van der Waals surface area (Å²) in [7, 11) is 0. The van der Waals surface area contributed by atoms with Gasteiger partial charge in [-0.05, 0) is 38.3 Å². The minimum absolute atomic E-state index is 0.0205. The number of rotatable bonds is 4. The molecule has 1 aromatic carbocycles. The van der Waals surface area contributed by atoms with E-state index in [1.165, 1.54) is 13.3 Å². The lowest BCUT2D eigenvalue weighted by Crippen LogP contribution is -2.44. The molecule has 1 atom stereocenters. The Balaban J connectivity index is 1.90. The number of nitrogens with one attached hydrogen (secondary N) is 1. The minimum Gasteiger partial charge on any atom is -0.484 e. The molecule has 21 heavy (non-hydrogen) atoms. The van der Waals surface area contributed by atoms with E-state index >= 15 is 0 Å². The number of carbonyl (C=O) groups excluding carboxylic acids is 2. The number of amides is 2. The van der Waals surface area contributed by atoms with Gasteiger partial charge in [-0.2, -0.15) is 0 Å². The van der Waals surface area contributed by atoms with Crippen LogP contribution >= 0.6 is 0 Å². The number of hydrogen-bond acceptors (Lipinski definition) is 3. The van der Waals surface area contributed by atoms with Crippen LogP contribution < -0.4 is 10.1 Å². The Morgan fingerprint density at radius 1 is 1.38 bits per heavy atom. The minimum atomic E-state index is -0.134. The van der Waals surface area contributed by atoms with Gasteiger partial charge in [-0.25, -0.2) is 0 Å². The lowest BCUT2D eigenvalue weighted by molar-refractivity contribution is -0.136. The van der Waals surface area contributed by atoms with E-state index in [4.69, 9.17) is 4.74 Å². The van der Waals surface area contributed by atoms with Crippen molar-refractivity contribution in [3.8, 4) is 5.75 Å². The van der Waals surface area contributed by atoms with E-state index in [0.717, 1.165) is 19.4 Å². The zero-order valence-corrected chi connectivity index (χ0v) is 12.6. The second-order valence-electron chi connectivity index (χ2n) is 5.43. The molecule has 1 saturated heterocycles. The first kappa shape index (κ1) is 15.4. The highest BCUT2D eigenvalue weighted by molar-refractivity contribution is 5.88. The summed E-state index contributed by atoms with van der Waals surface area (Å²) in [5.41, 5.74) is 0.666. The summed E-state index contributed by atoms with van der Waals surface area (Å²) in [6, 6.07) is 7.35. The Labute approximate surface area is 125 Å². The Hall–Kier alpha value is -2.04. The van der Waals surface area contributed by atoms with Crippen LogP contribution in [0, 0.1) is 0 Å². The topological polar surface area (TPSA) is 58.6 Å². The molecule has 0 bridgehead atoms. The van der Waals surface area contributed by atoms with Gasteiger partial charge in [-0.15, -0.1) is 0 Å². The van der Waals surface area contributed by atoms with Gasteiger partial charge in [-0.1, -0.05) is 6.07 Å². The number of carbonyl (C=O) groups is 2. The molecule has 0 aromatic heterocycles. The van der Waals surface area contributed by atoms with Crippen LogP contribution in [0.5, 0.6) is 5.75 Å². The van der Waals surface area contributed by atoms with E-state index in [1.807, 2.05) is 4.90 Å². The van der Waals surface area contributed by atoms with Gasteiger partial charge in [0.15, 0.2) is 6.61 Å². The average molecular weight is 290 g/mol. The molecule has 1 aromatic rings. The lowest BCUT2D eigenvalue weighted by Gasteiger charge is -2.33. The molecule has 2 rings (SSSR count). The molecule has 5 heteroatoms. The molecule has 2 amide bonds. The third-order valence-corrected chi connectivity index (χ3v) is 3.64. The maximum atomic E-state index is 12.2. The number of likely N-dealkylation sites (tertiary alicyclic amines) is 1. The molecule has 1 aliphatic heterocycles. The first-order valence-corrected chi connectivity index (χ1v) is 7.36. The summed E-state index contributed by atoms with van der Waals surface area (Å²) in [6.45, 7) is 4.38. The number of anilines is 1. The van der Waals surface area contributed by atoms with Crippen molar-refractivity contribution in [3.63, 3.8) is 0 Å². The average Bonchev–Trinajstić information content (AvgIpc) is 2.45. The molecule has 0 radical (unpaired) electrons. The smallest absolute Gasteiger partial charge is 0.260 e. The SMILES string of the molecule is CC(=O)Nc1cccc(OCC(=O)N2CCCC[C@@H]2C)c1. The largest absolute Gasteiger partial charge is 0.484 e. The number of benzene rings is 1. The van der Waals surface area contributed by atoms with Crippen LogP contribution in [0.3, 0.4) is 0 Å². The third kappa shape index (κ3) is 4.48. The molecule has 1 aliphatic rings. The Bertz CT molecular complexity index is 516. The standard InChI is InChI=1S/C16H22N2O3/c1-12-6-3-4-9-18(12)16(20)11-21-15-8-5-7-14(10-15)17-13(2)19/h5,7-8,10,12H,3-4,6,9,11H2,1-2H3,(H,17,19)/t12-/m0/s1. The van der Waals surface area contributed by atoms with Gasteiger partial charge in [-0.3, -0.25) is 9.59 Å².